The summed E-state index contributed by atoms with van der Waals surface area (Å²) in [5.41, 5.74) is -0.0116. The number of amides is 2. The van der Waals surface area contributed by atoms with Crippen molar-refractivity contribution in [2.24, 2.45) is 0 Å². The van der Waals surface area contributed by atoms with Gasteiger partial charge in [0.15, 0.2) is 0 Å². The Labute approximate surface area is 127 Å². The lowest BCUT2D eigenvalue weighted by Gasteiger charge is -2.28. The maximum Gasteiger partial charge on any atom is 0.335 e. The van der Waals surface area contributed by atoms with E-state index < -0.39 is 17.5 Å². The minimum Gasteiger partial charge on any atom is -0.478 e. The molecule has 3 N–H and O–H groups in total. The summed E-state index contributed by atoms with van der Waals surface area (Å²) in [7, 11) is 0. The van der Waals surface area contributed by atoms with Crippen molar-refractivity contribution in [1.82, 2.24) is 5.32 Å². The SMILES string of the molecule is CC1OCCC1(C)NC(=O)Nc1ccc(C(=O)O)cc1Cl. The van der Waals surface area contributed by atoms with Crippen LogP contribution >= 0.6 is 11.6 Å². The molecule has 1 aliphatic rings. The predicted molar refractivity (Wildman–Crippen MR) is 79.0 cm³/mol. The fourth-order valence-electron chi connectivity index (χ4n) is 2.16. The molecule has 6 nitrogen and oxygen atoms in total. The molecule has 0 radical (unpaired) electrons. The van der Waals surface area contributed by atoms with E-state index in [0.29, 0.717) is 12.3 Å². The Morgan fingerprint density at radius 1 is 1.48 bits per heavy atom. The fraction of sp³-hybridized carbons (Fsp3) is 0.429. The number of anilines is 1. The van der Waals surface area contributed by atoms with E-state index in [1.165, 1.54) is 18.2 Å². The van der Waals surface area contributed by atoms with E-state index >= 15 is 0 Å². The van der Waals surface area contributed by atoms with Crippen molar-refractivity contribution in [1.29, 1.82) is 0 Å². The molecular formula is C14H17ClN2O4. The smallest absolute Gasteiger partial charge is 0.335 e. The molecule has 21 heavy (non-hydrogen) atoms. The molecule has 1 saturated heterocycles. The van der Waals surface area contributed by atoms with Crippen LogP contribution in [-0.2, 0) is 4.74 Å². The Balaban J connectivity index is 2.05. The van der Waals surface area contributed by atoms with E-state index in [1.807, 2.05) is 13.8 Å². The van der Waals surface area contributed by atoms with E-state index in [-0.39, 0.29) is 16.7 Å². The van der Waals surface area contributed by atoms with Gasteiger partial charge in [-0.05, 0) is 38.5 Å². The monoisotopic (exact) mass is 312 g/mol. The second kappa shape index (κ2) is 5.91. The third-order valence-corrected chi connectivity index (χ3v) is 4.06. The molecule has 1 fully saturated rings. The average molecular weight is 313 g/mol. The van der Waals surface area contributed by atoms with Crippen LogP contribution in [0.5, 0.6) is 0 Å². The quantitative estimate of drug-likeness (QED) is 0.800. The molecule has 1 aliphatic heterocycles. The van der Waals surface area contributed by atoms with Crippen LogP contribution in [0.2, 0.25) is 5.02 Å². The number of rotatable bonds is 3. The summed E-state index contributed by atoms with van der Waals surface area (Å²) >= 11 is 5.97. The normalized spacial score (nSPS) is 24.6. The fourth-order valence-corrected chi connectivity index (χ4v) is 2.39. The molecule has 1 aromatic carbocycles. The van der Waals surface area contributed by atoms with Crippen molar-refractivity contribution in [2.45, 2.75) is 31.9 Å². The highest BCUT2D eigenvalue weighted by atomic mass is 35.5. The largest absolute Gasteiger partial charge is 0.478 e. The van der Waals surface area contributed by atoms with Crippen LogP contribution in [0, 0.1) is 0 Å². The molecular weight excluding hydrogens is 296 g/mol. The maximum absolute atomic E-state index is 12.0. The van der Waals surface area contributed by atoms with Gasteiger partial charge >= 0.3 is 12.0 Å². The molecule has 0 saturated carbocycles. The van der Waals surface area contributed by atoms with Gasteiger partial charge in [0.2, 0.25) is 0 Å². The van der Waals surface area contributed by atoms with E-state index in [1.54, 1.807) is 0 Å². The lowest BCUT2D eigenvalue weighted by atomic mass is 9.95. The second-order valence-corrected chi connectivity index (χ2v) is 5.67. The molecule has 114 valence electrons. The molecule has 0 aliphatic carbocycles. The van der Waals surface area contributed by atoms with Gasteiger partial charge in [0.25, 0.3) is 0 Å². The Kier molecular flexibility index (Phi) is 4.39. The highest BCUT2D eigenvalue weighted by Gasteiger charge is 2.38. The number of carbonyl (C=O) groups excluding carboxylic acids is 1. The number of hydrogen-bond acceptors (Lipinski definition) is 3. The summed E-state index contributed by atoms with van der Waals surface area (Å²) in [6.45, 7) is 4.42. The van der Waals surface area contributed by atoms with Crippen molar-refractivity contribution in [3.05, 3.63) is 28.8 Å². The van der Waals surface area contributed by atoms with Gasteiger partial charge in [-0.2, -0.15) is 0 Å². The van der Waals surface area contributed by atoms with Crippen LogP contribution in [-0.4, -0.2) is 35.4 Å². The molecule has 2 amide bonds. The van der Waals surface area contributed by atoms with Gasteiger partial charge in [0.1, 0.15) is 0 Å². The summed E-state index contributed by atoms with van der Waals surface area (Å²) in [6, 6.07) is 3.73. The number of carbonyl (C=O) groups is 2. The van der Waals surface area contributed by atoms with E-state index in [4.69, 9.17) is 21.4 Å². The number of carboxylic acid groups (broad SMARTS) is 1. The van der Waals surface area contributed by atoms with Gasteiger partial charge in [-0.1, -0.05) is 11.6 Å². The number of aromatic carboxylic acids is 1. The third kappa shape index (κ3) is 3.46. The molecule has 7 heteroatoms. The van der Waals surface area contributed by atoms with Crippen LogP contribution < -0.4 is 10.6 Å². The Morgan fingerprint density at radius 2 is 2.19 bits per heavy atom. The standard InChI is InChI=1S/C14H17ClN2O4/c1-8-14(2,5-6-21-8)17-13(20)16-11-4-3-9(12(18)19)7-10(11)15/h3-4,7-8H,5-6H2,1-2H3,(H,18,19)(H2,16,17,20). The molecule has 2 unspecified atom stereocenters. The average Bonchev–Trinajstić information content (AvgIpc) is 2.71. The zero-order valence-electron chi connectivity index (χ0n) is 11.8. The predicted octanol–water partition coefficient (Wildman–Crippen LogP) is 2.73. The van der Waals surface area contributed by atoms with Crippen molar-refractivity contribution >= 4 is 29.3 Å². The highest BCUT2D eigenvalue weighted by Crippen LogP contribution is 2.26. The number of halogens is 1. The van der Waals surface area contributed by atoms with Crippen LogP contribution in [0.1, 0.15) is 30.6 Å². The number of hydrogen-bond donors (Lipinski definition) is 3. The van der Waals surface area contributed by atoms with Gasteiger partial charge in [-0.3, -0.25) is 0 Å². The van der Waals surface area contributed by atoms with Crippen molar-refractivity contribution in [2.75, 3.05) is 11.9 Å². The van der Waals surface area contributed by atoms with Gasteiger partial charge < -0.3 is 20.5 Å². The van der Waals surface area contributed by atoms with E-state index in [2.05, 4.69) is 10.6 Å². The van der Waals surface area contributed by atoms with Crippen molar-refractivity contribution in [3.63, 3.8) is 0 Å². The van der Waals surface area contributed by atoms with E-state index in [9.17, 15) is 9.59 Å². The highest BCUT2D eigenvalue weighted by molar-refractivity contribution is 6.34. The Bertz CT molecular complexity index is 578. The van der Waals surface area contributed by atoms with Crippen LogP contribution in [0.4, 0.5) is 10.5 Å². The van der Waals surface area contributed by atoms with Crippen LogP contribution in [0.15, 0.2) is 18.2 Å². The first-order chi connectivity index (χ1) is 9.82. The zero-order chi connectivity index (χ0) is 15.6. The Hall–Kier alpha value is -1.79. The first kappa shape index (κ1) is 15.6. The first-order valence-electron chi connectivity index (χ1n) is 6.55. The molecule has 0 bridgehead atoms. The van der Waals surface area contributed by atoms with E-state index in [0.717, 1.165) is 6.42 Å². The minimum atomic E-state index is -1.07. The van der Waals surface area contributed by atoms with Gasteiger partial charge in [0.05, 0.1) is 27.9 Å². The van der Waals surface area contributed by atoms with Gasteiger partial charge in [0, 0.05) is 6.61 Å². The van der Waals surface area contributed by atoms with Crippen LogP contribution in [0.3, 0.4) is 0 Å². The van der Waals surface area contributed by atoms with Gasteiger partial charge in [-0.25, -0.2) is 9.59 Å². The molecule has 2 atom stereocenters. The molecule has 1 heterocycles. The summed E-state index contributed by atoms with van der Waals surface area (Å²) in [6.07, 6.45) is 0.654. The summed E-state index contributed by atoms with van der Waals surface area (Å²) < 4.78 is 5.45. The third-order valence-electron chi connectivity index (χ3n) is 3.75. The lowest BCUT2D eigenvalue weighted by molar-refractivity contribution is 0.0697. The summed E-state index contributed by atoms with van der Waals surface area (Å²) in [4.78, 5) is 22.9. The van der Waals surface area contributed by atoms with Gasteiger partial charge in [-0.15, -0.1) is 0 Å². The summed E-state index contributed by atoms with van der Waals surface area (Å²) in [5.74, 6) is -1.07. The number of urea groups is 1. The maximum atomic E-state index is 12.0. The second-order valence-electron chi connectivity index (χ2n) is 5.26. The zero-order valence-corrected chi connectivity index (χ0v) is 12.5. The topological polar surface area (TPSA) is 87.7 Å². The first-order valence-corrected chi connectivity index (χ1v) is 6.93. The Morgan fingerprint density at radius 3 is 2.71 bits per heavy atom. The lowest BCUT2D eigenvalue weighted by Crippen LogP contribution is -2.52. The van der Waals surface area contributed by atoms with Crippen molar-refractivity contribution < 1.29 is 19.4 Å². The summed E-state index contributed by atoms with van der Waals surface area (Å²) in [5, 5.41) is 14.5. The minimum absolute atomic E-state index is 0.0655. The van der Waals surface area contributed by atoms with Crippen molar-refractivity contribution in [3.8, 4) is 0 Å². The number of nitrogens with one attached hydrogen (secondary N) is 2. The number of ether oxygens (including phenoxy) is 1. The molecule has 1 aromatic rings. The number of carboxylic acids is 1. The molecule has 0 aromatic heterocycles. The van der Waals surface area contributed by atoms with Crippen LogP contribution in [0.25, 0.3) is 0 Å². The molecule has 0 spiro atoms. The molecule has 2 rings (SSSR count). The number of benzene rings is 1.